The lowest BCUT2D eigenvalue weighted by Crippen LogP contribution is -2.06. The van der Waals surface area contributed by atoms with Gasteiger partial charge in [0.15, 0.2) is 0 Å². The maximum Gasteiger partial charge on any atom is 0.0744 e. The van der Waals surface area contributed by atoms with Gasteiger partial charge in [0.05, 0.1) is 6.61 Å². The summed E-state index contributed by atoms with van der Waals surface area (Å²) < 4.78 is 6.35. The van der Waals surface area contributed by atoms with E-state index in [4.69, 9.17) is 4.74 Å². The molecule has 0 aliphatic carbocycles. The Hall–Kier alpha value is -1.32. The number of hydrogen-bond donors (Lipinski definition) is 1. The quantitative estimate of drug-likeness (QED) is 0.745. The Morgan fingerprint density at radius 3 is 2.60 bits per heavy atom. The molecule has 20 heavy (non-hydrogen) atoms. The van der Waals surface area contributed by atoms with Crippen LogP contribution in [0.5, 0.6) is 0 Å². The molecule has 2 rings (SSSR count). The fourth-order valence-electron chi connectivity index (χ4n) is 2.18. The fourth-order valence-corrected chi connectivity index (χ4v) is 2.66. The van der Waals surface area contributed by atoms with E-state index >= 15 is 0 Å². The highest BCUT2D eigenvalue weighted by Gasteiger charge is 2.05. The van der Waals surface area contributed by atoms with Crippen molar-refractivity contribution in [3.8, 4) is 0 Å². The molecule has 0 fully saturated rings. The number of hydrogen-bond acceptors (Lipinski definition) is 2. The summed E-state index contributed by atoms with van der Waals surface area (Å²) in [6, 6.07) is 16.8. The smallest absolute Gasteiger partial charge is 0.0744 e. The zero-order valence-electron chi connectivity index (χ0n) is 11.7. The summed E-state index contributed by atoms with van der Waals surface area (Å²) in [5, 5.41) is 3.50. The van der Waals surface area contributed by atoms with Gasteiger partial charge in [0.1, 0.15) is 0 Å². The van der Waals surface area contributed by atoms with E-state index in [1.165, 1.54) is 11.1 Å². The minimum absolute atomic E-state index is 0.614. The van der Waals surface area contributed by atoms with E-state index in [-0.39, 0.29) is 0 Å². The minimum Gasteiger partial charge on any atom is -0.385 e. The molecule has 0 radical (unpaired) electrons. The van der Waals surface area contributed by atoms with Crippen molar-refractivity contribution < 1.29 is 4.74 Å². The van der Waals surface area contributed by atoms with E-state index in [0.29, 0.717) is 6.61 Å². The summed E-state index contributed by atoms with van der Waals surface area (Å²) in [6.07, 6.45) is 2.21. The molecule has 2 aromatic carbocycles. The van der Waals surface area contributed by atoms with Crippen molar-refractivity contribution in [2.24, 2.45) is 0 Å². The molecular formula is C17H20BrNO. The molecule has 0 unspecified atom stereocenters. The maximum atomic E-state index is 5.26. The molecule has 0 bridgehead atoms. The van der Waals surface area contributed by atoms with Gasteiger partial charge in [-0.15, -0.1) is 0 Å². The summed E-state index contributed by atoms with van der Waals surface area (Å²) in [7, 11) is 1.72. The van der Waals surface area contributed by atoms with Gasteiger partial charge in [-0.3, -0.25) is 0 Å². The Labute approximate surface area is 129 Å². The molecule has 106 valence electrons. The summed E-state index contributed by atoms with van der Waals surface area (Å²) in [4.78, 5) is 0. The SMILES string of the molecule is COCc1c(Br)cccc1NCCCc1ccccc1. The van der Waals surface area contributed by atoms with Gasteiger partial charge in [-0.2, -0.15) is 0 Å². The standard InChI is InChI=1S/C17H20BrNO/c1-20-13-15-16(18)10-5-11-17(15)19-12-6-9-14-7-3-2-4-8-14/h2-5,7-8,10-11,19H,6,9,12-13H2,1H3. The predicted molar refractivity (Wildman–Crippen MR) is 88.1 cm³/mol. The van der Waals surface area contributed by atoms with Crippen LogP contribution >= 0.6 is 15.9 Å². The lowest BCUT2D eigenvalue weighted by atomic mass is 10.1. The van der Waals surface area contributed by atoms with E-state index in [2.05, 4.69) is 57.6 Å². The first-order valence-corrected chi connectivity index (χ1v) is 7.64. The molecule has 0 amide bonds. The molecule has 3 heteroatoms. The number of ether oxygens (including phenoxy) is 1. The fraction of sp³-hybridized carbons (Fsp3) is 0.294. The first-order chi connectivity index (χ1) is 9.81. The van der Waals surface area contributed by atoms with Crippen molar-refractivity contribution in [3.05, 3.63) is 64.1 Å². The zero-order chi connectivity index (χ0) is 14.2. The Morgan fingerprint density at radius 2 is 1.85 bits per heavy atom. The monoisotopic (exact) mass is 333 g/mol. The predicted octanol–water partition coefficient (Wildman–Crippen LogP) is 4.64. The van der Waals surface area contributed by atoms with Gasteiger partial charge >= 0.3 is 0 Å². The average Bonchev–Trinajstić information content (AvgIpc) is 2.48. The van der Waals surface area contributed by atoms with Crippen LogP contribution in [-0.2, 0) is 17.8 Å². The highest BCUT2D eigenvalue weighted by atomic mass is 79.9. The number of halogens is 1. The number of anilines is 1. The average molecular weight is 334 g/mol. The van der Waals surface area contributed by atoms with Crippen molar-refractivity contribution in [2.45, 2.75) is 19.4 Å². The third-order valence-electron chi connectivity index (χ3n) is 3.21. The van der Waals surface area contributed by atoms with Gasteiger partial charge in [-0.25, -0.2) is 0 Å². The Balaban J connectivity index is 1.86. The van der Waals surface area contributed by atoms with E-state index in [1.54, 1.807) is 7.11 Å². The summed E-state index contributed by atoms with van der Waals surface area (Å²) >= 11 is 3.57. The number of rotatable bonds is 7. The van der Waals surface area contributed by atoms with Crippen LogP contribution < -0.4 is 5.32 Å². The summed E-state index contributed by atoms with van der Waals surface area (Å²) in [5.74, 6) is 0. The van der Waals surface area contributed by atoms with E-state index in [9.17, 15) is 0 Å². The number of aryl methyl sites for hydroxylation is 1. The van der Waals surface area contributed by atoms with Crippen LogP contribution in [-0.4, -0.2) is 13.7 Å². The lowest BCUT2D eigenvalue weighted by Gasteiger charge is -2.13. The molecular weight excluding hydrogens is 314 g/mol. The highest BCUT2D eigenvalue weighted by molar-refractivity contribution is 9.10. The number of benzene rings is 2. The maximum absolute atomic E-state index is 5.26. The first kappa shape index (κ1) is 15.1. The summed E-state index contributed by atoms with van der Waals surface area (Å²) in [6.45, 7) is 1.57. The Kier molecular flexibility index (Phi) is 6.09. The molecule has 2 aromatic rings. The van der Waals surface area contributed by atoms with Crippen molar-refractivity contribution in [2.75, 3.05) is 19.0 Å². The molecule has 1 N–H and O–H groups in total. The second kappa shape index (κ2) is 8.08. The van der Waals surface area contributed by atoms with E-state index in [0.717, 1.165) is 29.5 Å². The van der Waals surface area contributed by atoms with Crippen LogP contribution in [0.25, 0.3) is 0 Å². The van der Waals surface area contributed by atoms with Gasteiger partial charge < -0.3 is 10.1 Å². The Morgan fingerprint density at radius 1 is 1.05 bits per heavy atom. The van der Waals surface area contributed by atoms with Crippen LogP contribution in [0.3, 0.4) is 0 Å². The molecule has 0 aliphatic heterocycles. The Bertz CT molecular complexity index is 528. The molecule has 0 atom stereocenters. The molecule has 0 heterocycles. The van der Waals surface area contributed by atoms with Gasteiger partial charge in [-0.1, -0.05) is 52.3 Å². The largest absolute Gasteiger partial charge is 0.385 e. The highest BCUT2D eigenvalue weighted by Crippen LogP contribution is 2.25. The van der Waals surface area contributed by atoms with Gasteiger partial charge in [0, 0.05) is 29.4 Å². The molecule has 2 nitrogen and oxygen atoms in total. The van der Waals surface area contributed by atoms with Gasteiger partial charge in [0.2, 0.25) is 0 Å². The van der Waals surface area contributed by atoms with Crippen molar-refractivity contribution in [1.82, 2.24) is 0 Å². The van der Waals surface area contributed by atoms with Crippen LogP contribution in [0, 0.1) is 0 Å². The number of methoxy groups -OCH3 is 1. The second-order valence-corrected chi connectivity index (χ2v) is 5.57. The molecule has 0 aliphatic rings. The second-order valence-electron chi connectivity index (χ2n) is 4.71. The van der Waals surface area contributed by atoms with Crippen LogP contribution in [0.2, 0.25) is 0 Å². The molecule has 0 aromatic heterocycles. The van der Waals surface area contributed by atoms with Gasteiger partial charge in [-0.05, 0) is 30.5 Å². The first-order valence-electron chi connectivity index (χ1n) is 6.85. The molecule has 0 saturated heterocycles. The minimum atomic E-state index is 0.614. The summed E-state index contributed by atoms with van der Waals surface area (Å²) in [5.41, 5.74) is 3.71. The van der Waals surface area contributed by atoms with Gasteiger partial charge in [0.25, 0.3) is 0 Å². The van der Waals surface area contributed by atoms with Crippen molar-refractivity contribution in [3.63, 3.8) is 0 Å². The normalized spacial score (nSPS) is 10.5. The van der Waals surface area contributed by atoms with Crippen molar-refractivity contribution >= 4 is 21.6 Å². The zero-order valence-corrected chi connectivity index (χ0v) is 13.3. The van der Waals surface area contributed by atoms with Crippen LogP contribution in [0.15, 0.2) is 53.0 Å². The van der Waals surface area contributed by atoms with Crippen LogP contribution in [0.1, 0.15) is 17.5 Å². The number of nitrogens with one attached hydrogen (secondary N) is 1. The lowest BCUT2D eigenvalue weighted by molar-refractivity contribution is 0.185. The van der Waals surface area contributed by atoms with E-state index in [1.807, 2.05) is 12.1 Å². The molecule has 0 saturated carbocycles. The third kappa shape index (κ3) is 4.36. The van der Waals surface area contributed by atoms with Crippen molar-refractivity contribution in [1.29, 1.82) is 0 Å². The third-order valence-corrected chi connectivity index (χ3v) is 3.95. The van der Waals surface area contributed by atoms with Crippen LogP contribution in [0.4, 0.5) is 5.69 Å². The molecule has 0 spiro atoms. The van der Waals surface area contributed by atoms with E-state index < -0.39 is 0 Å². The topological polar surface area (TPSA) is 21.3 Å².